The Labute approximate surface area is 97.4 Å². The second kappa shape index (κ2) is 5.34. The first-order valence-corrected chi connectivity index (χ1v) is 6.69. The van der Waals surface area contributed by atoms with E-state index >= 15 is 0 Å². The summed E-state index contributed by atoms with van der Waals surface area (Å²) in [6.45, 7) is 1.15. The standard InChI is InChI=1S/C10H13N3S2/c1-11-6-2-5-9-12-10(15-13-9)8-4-3-7-14-8/h3-4,7,11H,2,5-6H2,1H3/p+1. The van der Waals surface area contributed by atoms with Crippen LogP contribution in [0.15, 0.2) is 17.5 Å². The lowest BCUT2D eigenvalue weighted by Gasteiger charge is -1.92. The molecule has 0 saturated heterocycles. The fraction of sp³-hybridized carbons (Fsp3) is 0.400. The SMILES string of the molecule is C[NH2+]CCCc1nsc(-c2cccs2)n1. The Balaban J connectivity index is 1.98. The van der Waals surface area contributed by atoms with Crippen molar-refractivity contribution in [3.05, 3.63) is 23.3 Å². The van der Waals surface area contributed by atoms with Gasteiger partial charge in [-0.05, 0) is 23.0 Å². The van der Waals surface area contributed by atoms with E-state index in [-0.39, 0.29) is 0 Å². The molecule has 0 aliphatic heterocycles. The van der Waals surface area contributed by atoms with E-state index in [1.54, 1.807) is 11.3 Å². The van der Waals surface area contributed by atoms with Crippen LogP contribution in [-0.2, 0) is 6.42 Å². The number of aryl methyl sites for hydroxylation is 1. The minimum Gasteiger partial charge on any atom is -0.349 e. The van der Waals surface area contributed by atoms with E-state index in [9.17, 15) is 0 Å². The van der Waals surface area contributed by atoms with Gasteiger partial charge >= 0.3 is 0 Å². The maximum Gasteiger partial charge on any atom is 0.153 e. The van der Waals surface area contributed by atoms with Gasteiger partial charge in [0.1, 0.15) is 5.82 Å². The Hall–Kier alpha value is -0.780. The molecule has 2 heterocycles. The number of hydrogen-bond acceptors (Lipinski definition) is 4. The van der Waals surface area contributed by atoms with Crippen LogP contribution >= 0.6 is 22.9 Å². The van der Waals surface area contributed by atoms with Crippen molar-refractivity contribution in [1.29, 1.82) is 0 Å². The summed E-state index contributed by atoms with van der Waals surface area (Å²) in [5, 5.41) is 5.31. The third kappa shape index (κ3) is 2.84. The van der Waals surface area contributed by atoms with Crippen LogP contribution in [0.1, 0.15) is 12.2 Å². The van der Waals surface area contributed by atoms with Gasteiger partial charge in [0.05, 0.1) is 18.5 Å². The van der Waals surface area contributed by atoms with Gasteiger partial charge in [-0.25, -0.2) is 4.98 Å². The summed E-state index contributed by atoms with van der Waals surface area (Å²) in [7, 11) is 2.09. The number of quaternary nitrogens is 1. The van der Waals surface area contributed by atoms with Gasteiger partial charge in [-0.2, -0.15) is 4.37 Å². The van der Waals surface area contributed by atoms with E-state index in [0.29, 0.717) is 0 Å². The Morgan fingerprint density at radius 2 is 2.40 bits per heavy atom. The van der Waals surface area contributed by atoms with E-state index in [1.807, 2.05) is 6.07 Å². The van der Waals surface area contributed by atoms with Gasteiger partial charge in [0.15, 0.2) is 5.01 Å². The molecule has 2 aromatic heterocycles. The molecule has 80 valence electrons. The second-order valence-corrected chi connectivity index (χ2v) is 4.99. The lowest BCUT2D eigenvalue weighted by molar-refractivity contribution is -0.627. The van der Waals surface area contributed by atoms with Crippen molar-refractivity contribution in [3.63, 3.8) is 0 Å². The molecule has 0 aliphatic rings. The number of aromatic nitrogens is 2. The number of hydrogen-bond donors (Lipinski definition) is 1. The summed E-state index contributed by atoms with van der Waals surface area (Å²) in [6, 6.07) is 4.14. The summed E-state index contributed by atoms with van der Waals surface area (Å²) in [4.78, 5) is 5.75. The van der Waals surface area contributed by atoms with Crippen LogP contribution in [0.5, 0.6) is 0 Å². The Morgan fingerprint density at radius 3 is 3.13 bits per heavy atom. The maximum atomic E-state index is 4.53. The highest BCUT2D eigenvalue weighted by molar-refractivity contribution is 7.18. The van der Waals surface area contributed by atoms with Crippen molar-refractivity contribution < 1.29 is 5.32 Å². The van der Waals surface area contributed by atoms with Crippen LogP contribution < -0.4 is 5.32 Å². The molecule has 0 aliphatic carbocycles. The number of nitrogens with two attached hydrogens (primary N) is 1. The van der Waals surface area contributed by atoms with Gasteiger partial charge in [-0.15, -0.1) is 11.3 Å². The first-order valence-electron chi connectivity index (χ1n) is 5.04. The summed E-state index contributed by atoms with van der Waals surface area (Å²) < 4.78 is 4.37. The van der Waals surface area contributed by atoms with Crippen molar-refractivity contribution in [2.45, 2.75) is 12.8 Å². The highest BCUT2D eigenvalue weighted by atomic mass is 32.1. The van der Waals surface area contributed by atoms with Crippen LogP contribution in [0.2, 0.25) is 0 Å². The molecular formula is C10H14N3S2+. The molecule has 5 heteroatoms. The second-order valence-electron chi connectivity index (χ2n) is 3.29. The molecular weight excluding hydrogens is 226 g/mol. The predicted octanol–water partition coefficient (Wildman–Crippen LogP) is 1.39. The summed E-state index contributed by atoms with van der Waals surface area (Å²) in [5.74, 6) is 0.991. The first-order chi connectivity index (χ1) is 7.40. The van der Waals surface area contributed by atoms with Crippen molar-refractivity contribution in [1.82, 2.24) is 9.36 Å². The highest BCUT2D eigenvalue weighted by Crippen LogP contribution is 2.26. The van der Waals surface area contributed by atoms with Gasteiger partial charge < -0.3 is 5.32 Å². The molecule has 15 heavy (non-hydrogen) atoms. The minimum absolute atomic E-state index is 0.991. The fourth-order valence-electron chi connectivity index (χ4n) is 1.32. The summed E-state index contributed by atoms with van der Waals surface area (Å²) >= 11 is 3.22. The molecule has 0 spiro atoms. The zero-order valence-corrected chi connectivity index (χ0v) is 10.3. The van der Waals surface area contributed by atoms with Gasteiger partial charge in [-0.1, -0.05) is 6.07 Å². The van der Waals surface area contributed by atoms with E-state index in [1.165, 1.54) is 16.4 Å². The van der Waals surface area contributed by atoms with Crippen LogP contribution in [0.25, 0.3) is 9.88 Å². The molecule has 0 radical (unpaired) electrons. The number of thiophene rings is 1. The zero-order valence-electron chi connectivity index (χ0n) is 8.64. The smallest absolute Gasteiger partial charge is 0.153 e. The van der Waals surface area contributed by atoms with Crippen molar-refractivity contribution in [2.24, 2.45) is 0 Å². The lowest BCUT2D eigenvalue weighted by atomic mass is 10.3. The highest BCUT2D eigenvalue weighted by Gasteiger charge is 2.06. The Bertz CT molecular complexity index is 394. The van der Waals surface area contributed by atoms with Gasteiger partial charge in [-0.3, -0.25) is 0 Å². The molecule has 0 atom stereocenters. The quantitative estimate of drug-likeness (QED) is 0.803. The van der Waals surface area contributed by atoms with Gasteiger partial charge in [0.2, 0.25) is 0 Å². The molecule has 0 aromatic carbocycles. The van der Waals surface area contributed by atoms with Gasteiger partial charge in [0, 0.05) is 12.8 Å². The minimum atomic E-state index is 0.991. The topological polar surface area (TPSA) is 42.4 Å². The Morgan fingerprint density at radius 1 is 1.47 bits per heavy atom. The molecule has 0 amide bonds. The van der Waals surface area contributed by atoms with Crippen molar-refractivity contribution in [3.8, 4) is 9.88 Å². The third-order valence-corrected chi connectivity index (χ3v) is 3.89. The van der Waals surface area contributed by atoms with Crippen LogP contribution in [-0.4, -0.2) is 22.9 Å². The molecule has 0 bridgehead atoms. The van der Waals surface area contributed by atoms with E-state index in [2.05, 4.69) is 33.2 Å². The lowest BCUT2D eigenvalue weighted by Crippen LogP contribution is -2.79. The van der Waals surface area contributed by atoms with Crippen LogP contribution in [0.4, 0.5) is 0 Å². The largest absolute Gasteiger partial charge is 0.349 e. The van der Waals surface area contributed by atoms with Crippen molar-refractivity contribution in [2.75, 3.05) is 13.6 Å². The zero-order chi connectivity index (χ0) is 10.5. The molecule has 0 fully saturated rings. The summed E-state index contributed by atoms with van der Waals surface area (Å²) in [6.07, 6.45) is 2.14. The molecule has 2 rings (SSSR count). The number of rotatable bonds is 5. The van der Waals surface area contributed by atoms with Gasteiger partial charge in [0.25, 0.3) is 0 Å². The summed E-state index contributed by atoms with van der Waals surface area (Å²) in [5.41, 5.74) is 0. The normalized spacial score (nSPS) is 10.7. The first kappa shape index (κ1) is 10.7. The van der Waals surface area contributed by atoms with E-state index < -0.39 is 0 Å². The molecule has 2 aromatic rings. The van der Waals surface area contributed by atoms with E-state index in [0.717, 1.165) is 30.2 Å². The number of nitrogens with zero attached hydrogens (tertiary/aromatic N) is 2. The van der Waals surface area contributed by atoms with Crippen LogP contribution in [0, 0.1) is 0 Å². The van der Waals surface area contributed by atoms with Crippen LogP contribution in [0.3, 0.4) is 0 Å². The third-order valence-electron chi connectivity index (χ3n) is 2.09. The predicted molar refractivity (Wildman–Crippen MR) is 64.3 cm³/mol. The molecule has 0 unspecified atom stereocenters. The average Bonchev–Trinajstić information content (AvgIpc) is 2.87. The molecule has 0 saturated carbocycles. The maximum absolute atomic E-state index is 4.53. The fourth-order valence-corrected chi connectivity index (χ4v) is 2.81. The Kier molecular flexibility index (Phi) is 3.82. The molecule has 3 nitrogen and oxygen atoms in total. The average molecular weight is 240 g/mol. The monoisotopic (exact) mass is 240 g/mol. The molecule has 2 N–H and O–H groups in total. The van der Waals surface area contributed by atoms with Crippen molar-refractivity contribution >= 4 is 22.9 Å². The van der Waals surface area contributed by atoms with E-state index in [4.69, 9.17) is 0 Å².